The summed E-state index contributed by atoms with van der Waals surface area (Å²) in [6.07, 6.45) is 1.97. The number of rotatable bonds is 4. The Hall–Kier alpha value is -2.81. The molecule has 0 atom stereocenters. The molecule has 0 spiro atoms. The maximum absolute atomic E-state index is 15.0. The highest BCUT2D eigenvalue weighted by Crippen LogP contribution is 2.36. The smallest absolute Gasteiger partial charge is 0.135 e. The van der Waals surface area contributed by atoms with Gasteiger partial charge in [-0.3, -0.25) is 0 Å². The molecule has 3 heteroatoms. The second-order valence-corrected chi connectivity index (χ2v) is 5.38. The maximum Gasteiger partial charge on any atom is 0.135 e. The average Bonchev–Trinajstić information content (AvgIpc) is 2.58. The monoisotopic (exact) mass is 323 g/mol. The van der Waals surface area contributed by atoms with Gasteiger partial charge in [0.1, 0.15) is 17.5 Å². The van der Waals surface area contributed by atoms with Gasteiger partial charge < -0.3 is 0 Å². The zero-order valence-electron chi connectivity index (χ0n) is 12.8. The molecule has 0 saturated heterocycles. The Morgan fingerprint density at radius 1 is 0.833 bits per heavy atom. The van der Waals surface area contributed by atoms with Crippen molar-refractivity contribution in [3.63, 3.8) is 0 Å². The number of hydrogen-bond donors (Lipinski definition) is 0. The predicted octanol–water partition coefficient (Wildman–Crippen LogP) is 5.97. The Kier molecular flexibility index (Phi) is 4.52. The van der Waals surface area contributed by atoms with Crippen LogP contribution >= 0.6 is 0 Å². The summed E-state index contributed by atoms with van der Waals surface area (Å²) in [6.45, 7) is 3.63. The van der Waals surface area contributed by atoms with Crippen molar-refractivity contribution in [2.24, 2.45) is 0 Å². The third-order valence-electron chi connectivity index (χ3n) is 3.77. The summed E-state index contributed by atoms with van der Waals surface area (Å²) in [5, 5.41) is 0. The first-order valence-corrected chi connectivity index (χ1v) is 7.46. The van der Waals surface area contributed by atoms with E-state index < -0.39 is 11.6 Å². The van der Waals surface area contributed by atoms with E-state index in [2.05, 4.69) is 12.6 Å². The van der Waals surface area contributed by atoms with Gasteiger partial charge in [0, 0.05) is 11.1 Å². The topological polar surface area (TPSA) is 0 Å². The lowest BCUT2D eigenvalue weighted by Gasteiger charge is -2.14. The molecule has 119 valence electrons. The minimum Gasteiger partial charge on any atom is -0.207 e. The van der Waals surface area contributed by atoms with Crippen LogP contribution in [-0.4, -0.2) is 0 Å². The standard InChI is InChI=1S/C21H14F3/c1-2-3-16-8-13-19(14-4-9-17(22)10-5-14)20(21(16)24)15-6-11-18(23)12-7-15/h2,4-12H,1,3H2. The average molecular weight is 323 g/mol. The Bertz CT molecular complexity index is 863. The van der Waals surface area contributed by atoms with Gasteiger partial charge in [0.2, 0.25) is 0 Å². The highest BCUT2D eigenvalue weighted by atomic mass is 19.1. The highest BCUT2D eigenvalue weighted by Gasteiger charge is 2.16. The summed E-state index contributed by atoms with van der Waals surface area (Å²) in [5.74, 6) is -1.17. The van der Waals surface area contributed by atoms with Crippen LogP contribution in [0.4, 0.5) is 13.2 Å². The van der Waals surface area contributed by atoms with Crippen molar-refractivity contribution in [2.75, 3.05) is 0 Å². The SMILES string of the molecule is C=CCc1c[c]c(-c2ccc(F)cc2)c(-c2ccc(F)cc2)c1F. The van der Waals surface area contributed by atoms with Gasteiger partial charge in [0.25, 0.3) is 0 Å². The van der Waals surface area contributed by atoms with Crippen molar-refractivity contribution in [3.05, 3.63) is 96.3 Å². The fraction of sp³-hybridized carbons (Fsp3) is 0.0476. The van der Waals surface area contributed by atoms with E-state index in [1.807, 2.05) is 0 Å². The fourth-order valence-corrected chi connectivity index (χ4v) is 2.60. The molecule has 0 nitrogen and oxygen atoms in total. The number of allylic oxidation sites excluding steroid dienone is 1. The van der Waals surface area contributed by atoms with Gasteiger partial charge in [0.15, 0.2) is 0 Å². The molecule has 3 rings (SSSR count). The quantitative estimate of drug-likeness (QED) is 0.519. The molecule has 0 aromatic heterocycles. The first kappa shape index (κ1) is 16.1. The first-order chi connectivity index (χ1) is 11.6. The van der Waals surface area contributed by atoms with E-state index in [0.29, 0.717) is 34.2 Å². The van der Waals surface area contributed by atoms with Crippen LogP contribution in [0.25, 0.3) is 22.3 Å². The van der Waals surface area contributed by atoms with E-state index in [1.54, 1.807) is 24.3 Å². The summed E-state index contributed by atoms with van der Waals surface area (Å²) < 4.78 is 41.4. The Morgan fingerprint density at radius 2 is 1.38 bits per heavy atom. The Labute approximate surface area is 138 Å². The Morgan fingerprint density at radius 3 is 1.92 bits per heavy atom. The van der Waals surface area contributed by atoms with Crippen LogP contribution in [0.5, 0.6) is 0 Å². The van der Waals surface area contributed by atoms with Gasteiger partial charge in [-0.15, -0.1) is 6.58 Å². The normalized spacial score (nSPS) is 10.6. The molecule has 0 bridgehead atoms. The summed E-state index contributed by atoms with van der Waals surface area (Å²) in [4.78, 5) is 0. The van der Waals surface area contributed by atoms with Crippen molar-refractivity contribution in [1.29, 1.82) is 0 Å². The summed E-state index contributed by atoms with van der Waals surface area (Å²) in [7, 11) is 0. The molecule has 3 aromatic carbocycles. The molecule has 0 N–H and O–H groups in total. The Balaban J connectivity index is 2.24. The lowest BCUT2D eigenvalue weighted by molar-refractivity contribution is 0.617. The first-order valence-electron chi connectivity index (χ1n) is 7.46. The fourth-order valence-electron chi connectivity index (χ4n) is 2.60. The van der Waals surface area contributed by atoms with Crippen molar-refractivity contribution in [1.82, 2.24) is 0 Å². The van der Waals surface area contributed by atoms with Crippen LogP contribution in [0.15, 0.2) is 67.3 Å². The molecule has 0 aliphatic carbocycles. The van der Waals surface area contributed by atoms with Crippen LogP contribution in [0.2, 0.25) is 0 Å². The second-order valence-electron chi connectivity index (χ2n) is 5.38. The summed E-state index contributed by atoms with van der Waals surface area (Å²) in [6, 6.07) is 16.0. The molecule has 0 saturated carbocycles. The maximum atomic E-state index is 15.0. The van der Waals surface area contributed by atoms with E-state index in [4.69, 9.17) is 0 Å². The lowest BCUT2D eigenvalue weighted by atomic mass is 9.91. The molecule has 0 unspecified atom stereocenters. The van der Waals surface area contributed by atoms with Crippen LogP contribution in [0.3, 0.4) is 0 Å². The van der Waals surface area contributed by atoms with E-state index >= 15 is 4.39 Å². The molecule has 1 radical (unpaired) electrons. The zero-order valence-corrected chi connectivity index (χ0v) is 12.8. The van der Waals surface area contributed by atoms with Crippen molar-refractivity contribution >= 4 is 0 Å². The van der Waals surface area contributed by atoms with Crippen LogP contribution < -0.4 is 0 Å². The van der Waals surface area contributed by atoms with Gasteiger partial charge in [-0.2, -0.15) is 0 Å². The van der Waals surface area contributed by atoms with Crippen LogP contribution in [-0.2, 0) is 6.42 Å². The van der Waals surface area contributed by atoms with E-state index in [0.717, 1.165) is 0 Å². The minimum absolute atomic E-state index is 0.320. The van der Waals surface area contributed by atoms with Gasteiger partial charge in [0.05, 0.1) is 0 Å². The molecule has 0 fully saturated rings. The summed E-state index contributed by atoms with van der Waals surface area (Å²) in [5.41, 5.74) is 2.46. The van der Waals surface area contributed by atoms with E-state index in [-0.39, 0.29) is 5.82 Å². The van der Waals surface area contributed by atoms with E-state index in [9.17, 15) is 8.78 Å². The van der Waals surface area contributed by atoms with Crippen molar-refractivity contribution in [2.45, 2.75) is 6.42 Å². The minimum atomic E-state index is -0.403. The molecule has 3 aromatic rings. The third kappa shape index (κ3) is 3.11. The van der Waals surface area contributed by atoms with E-state index in [1.165, 1.54) is 36.4 Å². The summed E-state index contributed by atoms with van der Waals surface area (Å²) >= 11 is 0. The molecule has 0 aliphatic rings. The van der Waals surface area contributed by atoms with Crippen molar-refractivity contribution in [3.8, 4) is 22.3 Å². The molecule has 0 heterocycles. The molecule has 0 amide bonds. The molecular weight excluding hydrogens is 309 g/mol. The number of halogens is 3. The van der Waals surface area contributed by atoms with Gasteiger partial charge in [-0.05, 0) is 59.5 Å². The van der Waals surface area contributed by atoms with Crippen molar-refractivity contribution < 1.29 is 13.2 Å². The predicted molar refractivity (Wildman–Crippen MR) is 89.9 cm³/mol. The molecule has 0 aliphatic heterocycles. The lowest BCUT2D eigenvalue weighted by Crippen LogP contribution is -1.97. The largest absolute Gasteiger partial charge is 0.207 e. The van der Waals surface area contributed by atoms with Crippen LogP contribution in [0, 0.1) is 23.5 Å². The third-order valence-corrected chi connectivity index (χ3v) is 3.77. The number of benzene rings is 3. The van der Waals surface area contributed by atoms with Gasteiger partial charge in [-0.25, -0.2) is 13.2 Å². The number of hydrogen-bond acceptors (Lipinski definition) is 0. The highest BCUT2D eigenvalue weighted by molar-refractivity contribution is 5.84. The van der Waals surface area contributed by atoms with Gasteiger partial charge in [-0.1, -0.05) is 30.3 Å². The van der Waals surface area contributed by atoms with Gasteiger partial charge >= 0.3 is 0 Å². The molecule has 24 heavy (non-hydrogen) atoms. The zero-order chi connectivity index (χ0) is 17.1. The second kappa shape index (κ2) is 6.75. The molecular formula is C21H14F3. The van der Waals surface area contributed by atoms with Crippen LogP contribution in [0.1, 0.15) is 5.56 Å².